The average molecular weight is 344 g/mol. The van der Waals surface area contributed by atoms with Crippen molar-refractivity contribution in [1.29, 1.82) is 0 Å². The Labute approximate surface area is 126 Å². The third-order valence-electron chi connectivity index (χ3n) is 2.77. The first kappa shape index (κ1) is 16.6. The maximum absolute atomic E-state index is 12.1. The third kappa shape index (κ3) is 4.03. The van der Waals surface area contributed by atoms with Crippen LogP contribution in [0.25, 0.3) is 0 Å². The molecule has 20 heavy (non-hydrogen) atoms. The molecule has 5 nitrogen and oxygen atoms in total. The fourth-order valence-electron chi connectivity index (χ4n) is 1.77. The normalized spacial score (nSPS) is 11.0. The van der Waals surface area contributed by atoms with Crippen molar-refractivity contribution < 1.29 is 19.1 Å². The Morgan fingerprint density at radius 1 is 1.20 bits per heavy atom. The SMILES string of the molecule is CCOC(=O)C(C)(Cc1cncc(Br)c1)C(=O)OCC. The number of hydrogen-bond donors (Lipinski definition) is 0. The average Bonchev–Trinajstić information content (AvgIpc) is 2.39. The van der Waals surface area contributed by atoms with Gasteiger partial charge in [0.1, 0.15) is 0 Å². The highest BCUT2D eigenvalue weighted by Crippen LogP contribution is 2.27. The summed E-state index contributed by atoms with van der Waals surface area (Å²) in [6.07, 6.45) is 3.42. The summed E-state index contributed by atoms with van der Waals surface area (Å²) in [5.41, 5.74) is -0.614. The molecule has 1 aromatic heterocycles. The molecule has 1 heterocycles. The van der Waals surface area contributed by atoms with Crippen molar-refractivity contribution in [3.63, 3.8) is 0 Å². The van der Waals surface area contributed by atoms with E-state index in [0.29, 0.717) is 0 Å². The van der Waals surface area contributed by atoms with E-state index in [-0.39, 0.29) is 19.6 Å². The zero-order valence-electron chi connectivity index (χ0n) is 11.8. The van der Waals surface area contributed by atoms with Crippen molar-refractivity contribution in [3.8, 4) is 0 Å². The molecule has 0 aliphatic rings. The molecule has 0 saturated carbocycles. The highest BCUT2D eigenvalue weighted by atomic mass is 79.9. The fraction of sp³-hybridized carbons (Fsp3) is 0.500. The molecule has 0 aliphatic heterocycles. The number of esters is 2. The smallest absolute Gasteiger partial charge is 0.323 e. The Hall–Kier alpha value is -1.43. The molecule has 1 rings (SSSR count). The van der Waals surface area contributed by atoms with Gasteiger partial charge in [0.2, 0.25) is 0 Å². The van der Waals surface area contributed by atoms with Crippen LogP contribution in [0.5, 0.6) is 0 Å². The molecule has 0 atom stereocenters. The summed E-state index contributed by atoms with van der Waals surface area (Å²) < 4.78 is 10.8. The van der Waals surface area contributed by atoms with Gasteiger partial charge in [-0.1, -0.05) is 0 Å². The molecule has 0 aliphatic carbocycles. The molecule has 0 unspecified atom stereocenters. The second-order valence-electron chi connectivity index (χ2n) is 4.46. The lowest BCUT2D eigenvalue weighted by Crippen LogP contribution is -2.41. The molecule has 0 fully saturated rings. The van der Waals surface area contributed by atoms with Crippen LogP contribution in [0.3, 0.4) is 0 Å². The lowest BCUT2D eigenvalue weighted by Gasteiger charge is -2.24. The van der Waals surface area contributed by atoms with Gasteiger partial charge in [-0.05, 0) is 48.3 Å². The summed E-state index contributed by atoms with van der Waals surface area (Å²) in [6.45, 7) is 5.35. The van der Waals surface area contributed by atoms with E-state index in [9.17, 15) is 9.59 Å². The van der Waals surface area contributed by atoms with Crippen LogP contribution in [0, 0.1) is 5.41 Å². The Bertz CT molecular complexity index is 472. The van der Waals surface area contributed by atoms with Crippen LogP contribution < -0.4 is 0 Å². The molecule has 0 bridgehead atoms. The zero-order chi connectivity index (χ0) is 15.2. The Morgan fingerprint density at radius 3 is 2.20 bits per heavy atom. The van der Waals surface area contributed by atoms with Crippen molar-refractivity contribution in [2.45, 2.75) is 27.2 Å². The van der Waals surface area contributed by atoms with Crippen LogP contribution in [0.15, 0.2) is 22.9 Å². The number of hydrogen-bond acceptors (Lipinski definition) is 5. The van der Waals surface area contributed by atoms with E-state index in [1.807, 2.05) is 6.07 Å². The number of rotatable bonds is 6. The molecular formula is C14H18BrNO4. The highest BCUT2D eigenvalue weighted by molar-refractivity contribution is 9.10. The number of nitrogens with zero attached hydrogens (tertiary/aromatic N) is 1. The molecule has 0 aromatic carbocycles. The minimum Gasteiger partial charge on any atom is -0.465 e. The van der Waals surface area contributed by atoms with Crippen molar-refractivity contribution in [1.82, 2.24) is 4.98 Å². The van der Waals surface area contributed by atoms with Gasteiger partial charge in [0.15, 0.2) is 5.41 Å². The van der Waals surface area contributed by atoms with Crippen molar-refractivity contribution in [2.24, 2.45) is 5.41 Å². The minimum absolute atomic E-state index is 0.178. The summed E-state index contributed by atoms with van der Waals surface area (Å²) in [7, 11) is 0. The molecule has 110 valence electrons. The van der Waals surface area contributed by atoms with Crippen molar-refractivity contribution in [2.75, 3.05) is 13.2 Å². The van der Waals surface area contributed by atoms with E-state index in [0.717, 1.165) is 10.0 Å². The van der Waals surface area contributed by atoms with Gasteiger partial charge >= 0.3 is 11.9 Å². The van der Waals surface area contributed by atoms with Crippen LogP contribution in [0.4, 0.5) is 0 Å². The lowest BCUT2D eigenvalue weighted by atomic mass is 9.84. The van der Waals surface area contributed by atoms with Gasteiger partial charge in [-0.25, -0.2) is 0 Å². The monoisotopic (exact) mass is 343 g/mol. The fourth-order valence-corrected chi connectivity index (χ4v) is 2.18. The molecule has 0 saturated heterocycles. The van der Waals surface area contributed by atoms with E-state index < -0.39 is 17.4 Å². The number of halogens is 1. The highest BCUT2D eigenvalue weighted by Gasteiger charge is 2.44. The van der Waals surface area contributed by atoms with Crippen molar-refractivity contribution >= 4 is 27.9 Å². The van der Waals surface area contributed by atoms with Crippen LogP contribution in [0.1, 0.15) is 26.3 Å². The number of carbonyl (C=O) groups excluding carboxylic acids is 2. The van der Waals surface area contributed by atoms with E-state index in [4.69, 9.17) is 9.47 Å². The molecule has 1 aromatic rings. The summed E-state index contributed by atoms with van der Waals surface area (Å²) in [5, 5.41) is 0. The quantitative estimate of drug-likeness (QED) is 0.586. The second kappa shape index (κ2) is 7.38. The van der Waals surface area contributed by atoms with Crippen LogP contribution >= 0.6 is 15.9 Å². The molecule has 0 amide bonds. The number of carbonyl (C=O) groups is 2. The topological polar surface area (TPSA) is 65.5 Å². The molecular weight excluding hydrogens is 326 g/mol. The Morgan fingerprint density at radius 2 is 1.75 bits per heavy atom. The summed E-state index contributed by atoms with van der Waals surface area (Å²) in [5.74, 6) is -1.17. The first-order valence-electron chi connectivity index (χ1n) is 6.38. The lowest BCUT2D eigenvalue weighted by molar-refractivity contribution is -0.170. The predicted molar refractivity (Wildman–Crippen MR) is 77.0 cm³/mol. The minimum atomic E-state index is -1.37. The van der Waals surface area contributed by atoms with E-state index >= 15 is 0 Å². The van der Waals surface area contributed by atoms with E-state index in [2.05, 4.69) is 20.9 Å². The maximum atomic E-state index is 12.1. The van der Waals surface area contributed by atoms with Crippen LogP contribution in [-0.2, 0) is 25.5 Å². The molecule has 0 N–H and O–H groups in total. The first-order valence-corrected chi connectivity index (χ1v) is 7.17. The largest absolute Gasteiger partial charge is 0.465 e. The number of aromatic nitrogens is 1. The van der Waals surface area contributed by atoms with Gasteiger partial charge in [-0.3, -0.25) is 14.6 Å². The van der Waals surface area contributed by atoms with Crippen LogP contribution in [-0.4, -0.2) is 30.1 Å². The Balaban J connectivity index is 3.04. The summed E-state index contributed by atoms with van der Waals surface area (Å²) in [4.78, 5) is 28.3. The summed E-state index contributed by atoms with van der Waals surface area (Å²) in [6, 6.07) is 1.81. The van der Waals surface area contributed by atoms with E-state index in [1.54, 1.807) is 26.2 Å². The van der Waals surface area contributed by atoms with Crippen molar-refractivity contribution in [3.05, 3.63) is 28.5 Å². The molecule has 0 spiro atoms. The molecule has 6 heteroatoms. The standard InChI is InChI=1S/C14H18BrNO4/c1-4-19-12(17)14(3,13(18)20-5-2)7-10-6-11(15)9-16-8-10/h6,8-9H,4-5,7H2,1-3H3. The van der Waals surface area contributed by atoms with Gasteiger partial charge in [-0.15, -0.1) is 0 Å². The third-order valence-corrected chi connectivity index (χ3v) is 3.20. The number of ether oxygens (including phenoxy) is 2. The predicted octanol–water partition coefficient (Wildman–Crippen LogP) is 2.52. The Kier molecular flexibility index (Phi) is 6.13. The van der Waals surface area contributed by atoms with Crippen LogP contribution in [0.2, 0.25) is 0 Å². The van der Waals surface area contributed by atoms with E-state index in [1.165, 1.54) is 6.92 Å². The molecule has 0 radical (unpaired) electrons. The first-order chi connectivity index (χ1) is 9.43. The zero-order valence-corrected chi connectivity index (χ0v) is 13.4. The maximum Gasteiger partial charge on any atom is 0.323 e. The van der Waals surface area contributed by atoms with Gasteiger partial charge in [-0.2, -0.15) is 0 Å². The van der Waals surface area contributed by atoms with Gasteiger partial charge in [0, 0.05) is 23.3 Å². The van der Waals surface area contributed by atoms with Gasteiger partial charge < -0.3 is 9.47 Å². The number of pyridine rings is 1. The van der Waals surface area contributed by atoms with Gasteiger partial charge in [0.25, 0.3) is 0 Å². The summed E-state index contributed by atoms with van der Waals surface area (Å²) >= 11 is 3.31. The second-order valence-corrected chi connectivity index (χ2v) is 5.38. The van der Waals surface area contributed by atoms with Gasteiger partial charge in [0.05, 0.1) is 13.2 Å².